The van der Waals surface area contributed by atoms with E-state index in [0.29, 0.717) is 5.56 Å². The van der Waals surface area contributed by atoms with Crippen LogP contribution in [0.2, 0.25) is 0 Å². The number of esters is 1. The summed E-state index contributed by atoms with van der Waals surface area (Å²) in [6, 6.07) is 8.13. The van der Waals surface area contributed by atoms with E-state index in [-0.39, 0.29) is 6.04 Å². The fourth-order valence-electron chi connectivity index (χ4n) is 1.18. The molecule has 2 N–H and O–H groups in total. The smallest absolute Gasteiger partial charge is 0.377 e. The van der Waals surface area contributed by atoms with Gasteiger partial charge >= 0.3 is 12.1 Å². The van der Waals surface area contributed by atoms with Gasteiger partial charge in [-0.1, -0.05) is 30.3 Å². The van der Waals surface area contributed by atoms with Crippen molar-refractivity contribution >= 4 is 12.1 Å². The van der Waals surface area contributed by atoms with Crippen LogP contribution in [0, 0.1) is 0 Å². The van der Waals surface area contributed by atoms with Gasteiger partial charge in [0.25, 0.3) is 0 Å². The number of hydrogen-bond donors (Lipinski definition) is 2. The molecule has 5 heteroatoms. The predicted octanol–water partition coefficient (Wildman–Crippen LogP) is 1.38. The van der Waals surface area contributed by atoms with Crippen LogP contribution in [-0.4, -0.2) is 23.2 Å². The maximum Gasteiger partial charge on any atom is 0.415 e. The largest absolute Gasteiger partial charge is 0.415 e. The van der Waals surface area contributed by atoms with Crippen molar-refractivity contribution in [3.8, 4) is 0 Å². The Morgan fingerprint density at radius 1 is 1.24 bits per heavy atom. The van der Waals surface area contributed by atoms with Gasteiger partial charge < -0.3 is 15.2 Å². The van der Waals surface area contributed by atoms with Crippen LogP contribution in [0.4, 0.5) is 4.79 Å². The molecule has 1 atom stereocenters. The molecule has 1 rings (SSSR count). The minimum atomic E-state index is -1.45. The molecule has 0 bridgehead atoms. The van der Waals surface area contributed by atoms with Gasteiger partial charge in [-0.3, -0.25) is 0 Å². The molecule has 1 amide bonds. The second-order valence-corrected chi connectivity index (χ2v) is 3.82. The van der Waals surface area contributed by atoms with Crippen molar-refractivity contribution in [1.29, 1.82) is 0 Å². The van der Waals surface area contributed by atoms with Crippen molar-refractivity contribution in [2.75, 3.05) is 0 Å². The Morgan fingerprint density at radius 3 is 2.35 bits per heavy atom. The predicted molar refractivity (Wildman–Crippen MR) is 61.2 cm³/mol. The average Bonchev–Trinajstić information content (AvgIpc) is 2.28. The first-order valence-electron chi connectivity index (χ1n) is 5.26. The van der Waals surface area contributed by atoms with Crippen molar-refractivity contribution in [2.24, 2.45) is 0 Å². The first kappa shape index (κ1) is 13.2. The van der Waals surface area contributed by atoms with Crippen LogP contribution in [0.5, 0.6) is 0 Å². The standard InChI is InChI=1S/C12H15NO4/c1-8(2)13-12(16)17-11(15)10(14)9-6-4-3-5-7-9/h3-8,10,14H,1-2H3,(H,13,16). The number of carbonyl (C=O) groups excluding carboxylic acids is 2. The average molecular weight is 237 g/mol. The molecule has 1 unspecified atom stereocenters. The van der Waals surface area contributed by atoms with Gasteiger partial charge in [0, 0.05) is 6.04 Å². The highest BCUT2D eigenvalue weighted by atomic mass is 16.6. The lowest BCUT2D eigenvalue weighted by molar-refractivity contribution is -0.147. The first-order chi connectivity index (χ1) is 8.00. The van der Waals surface area contributed by atoms with Gasteiger partial charge in [0.1, 0.15) is 0 Å². The maximum atomic E-state index is 11.4. The third-order valence-electron chi connectivity index (χ3n) is 1.94. The number of benzene rings is 1. The van der Waals surface area contributed by atoms with Crippen LogP contribution < -0.4 is 5.32 Å². The summed E-state index contributed by atoms with van der Waals surface area (Å²) in [5.74, 6) is -0.991. The molecule has 1 aromatic rings. The summed E-state index contributed by atoms with van der Waals surface area (Å²) in [5.41, 5.74) is 0.384. The third-order valence-corrected chi connectivity index (χ3v) is 1.94. The highest BCUT2D eigenvalue weighted by molar-refractivity contribution is 5.87. The van der Waals surface area contributed by atoms with Crippen molar-refractivity contribution < 1.29 is 19.4 Å². The Morgan fingerprint density at radius 2 is 1.82 bits per heavy atom. The number of ether oxygens (including phenoxy) is 1. The van der Waals surface area contributed by atoms with Crippen LogP contribution in [0.3, 0.4) is 0 Å². The molecular weight excluding hydrogens is 222 g/mol. The molecule has 0 aromatic heterocycles. The lowest BCUT2D eigenvalue weighted by Gasteiger charge is -2.11. The van der Waals surface area contributed by atoms with E-state index in [1.165, 1.54) is 0 Å². The number of aliphatic hydroxyl groups is 1. The summed E-state index contributed by atoms with van der Waals surface area (Å²) in [6.07, 6.45) is -2.31. The summed E-state index contributed by atoms with van der Waals surface area (Å²) in [7, 11) is 0. The maximum absolute atomic E-state index is 11.4. The minimum absolute atomic E-state index is 0.135. The quantitative estimate of drug-likeness (QED) is 0.615. The zero-order valence-corrected chi connectivity index (χ0v) is 9.71. The number of carbonyl (C=O) groups is 2. The van der Waals surface area contributed by atoms with E-state index in [4.69, 9.17) is 0 Å². The molecule has 0 saturated heterocycles. The van der Waals surface area contributed by atoms with Gasteiger partial charge in [-0.2, -0.15) is 0 Å². The Hall–Kier alpha value is -1.88. The molecule has 0 fully saturated rings. The summed E-state index contributed by atoms with van der Waals surface area (Å²) in [5, 5.41) is 12.0. The highest BCUT2D eigenvalue weighted by Gasteiger charge is 2.21. The second-order valence-electron chi connectivity index (χ2n) is 3.82. The molecule has 0 aliphatic heterocycles. The molecule has 0 radical (unpaired) electrons. The lowest BCUT2D eigenvalue weighted by atomic mass is 10.1. The highest BCUT2D eigenvalue weighted by Crippen LogP contribution is 2.13. The van der Waals surface area contributed by atoms with Crippen molar-refractivity contribution in [1.82, 2.24) is 5.32 Å². The number of amides is 1. The van der Waals surface area contributed by atoms with E-state index in [2.05, 4.69) is 10.1 Å². The number of hydrogen-bond acceptors (Lipinski definition) is 4. The monoisotopic (exact) mass is 237 g/mol. The first-order valence-corrected chi connectivity index (χ1v) is 5.26. The molecule has 0 saturated carbocycles. The number of alkyl carbamates (subject to hydrolysis) is 1. The Kier molecular flexibility index (Phi) is 4.66. The fraction of sp³-hybridized carbons (Fsp3) is 0.333. The topological polar surface area (TPSA) is 75.6 Å². The van der Waals surface area contributed by atoms with E-state index in [1.54, 1.807) is 44.2 Å². The lowest BCUT2D eigenvalue weighted by Crippen LogP contribution is -2.33. The van der Waals surface area contributed by atoms with Crippen LogP contribution in [0.25, 0.3) is 0 Å². The summed E-state index contributed by atoms with van der Waals surface area (Å²) in [4.78, 5) is 22.5. The van der Waals surface area contributed by atoms with Crippen LogP contribution in [-0.2, 0) is 9.53 Å². The third kappa shape index (κ3) is 4.24. The van der Waals surface area contributed by atoms with Gasteiger partial charge in [0.05, 0.1) is 0 Å². The van der Waals surface area contributed by atoms with Gasteiger partial charge in [0.15, 0.2) is 6.10 Å². The number of rotatable bonds is 3. The molecule has 5 nitrogen and oxygen atoms in total. The Bertz CT molecular complexity index is 389. The number of nitrogens with one attached hydrogen (secondary N) is 1. The van der Waals surface area contributed by atoms with Crippen LogP contribution in [0.1, 0.15) is 25.5 Å². The molecule has 1 aromatic carbocycles. The Labute approximate surface area is 99.4 Å². The molecule has 0 aliphatic rings. The van der Waals surface area contributed by atoms with Gasteiger partial charge in [-0.05, 0) is 19.4 Å². The molecule has 0 spiro atoms. The Balaban J connectivity index is 2.56. The van der Waals surface area contributed by atoms with Gasteiger partial charge in [-0.15, -0.1) is 0 Å². The van der Waals surface area contributed by atoms with E-state index >= 15 is 0 Å². The van der Waals surface area contributed by atoms with Gasteiger partial charge in [-0.25, -0.2) is 9.59 Å². The SMILES string of the molecule is CC(C)NC(=O)OC(=O)C(O)c1ccccc1. The van der Waals surface area contributed by atoms with Crippen molar-refractivity contribution in [3.63, 3.8) is 0 Å². The summed E-state index contributed by atoms with van der Waals surface area (Å²) >= 11 is 0. The molecule has 0 aliphatic carbocycles. The van der Waals surface area contributed by atoms with Crippen LogP contribution >= 0.6 is 0 Å². The van der Waals surface area contributed by atoms with Gasteiger partial charge in [0.2, 0.25) is 0 Å². The zero-order chi connectivity index (χ0) is 12.8. The van der Waals surface area contributed by atoms with E-state index in [1.807, 2.05) is 0 Å². The normalized spacial score (nSPS) is 12.0. The number of aliphatic hydroxyl groups excluding tert-OH is 1. The molecule has 92 valence electrons. The minimum Gasteiger partial charge on any atom is -0.377 e. The van der Waals surface area contributed by atoms with Crippen LogP contribution in [0.15, 0.2) is 30.3 Å². The van der Waals surface area contributed by atoms with Crippen molar-refractivity contribution in [3.05, 3.63) is 35.9 Å². The van der Waals surface area contributed by atoms with Crippen molar-refractivity contribution in [2.45, 2.75) is 26.0 Å². The summed E-state index contributed by atoms with van der Waals surface area (Å²) in [6.45, 7) is 3.47. The zero-order valence-electron chi connectivity index (χ0n) is 9.71. The fourth-order valence-corrected chi connectivity index (χ4v) is 1.18. The molecule has 0 heterocycles. The molecule has 17 heavy (non-hydrogen) atoms. The van der Waals surface area contributed by atoms with E-state index in [0.717, 1.165) is 0 Å². The second kappa shape index (κ2) is 6.00. The molecular formula is C12H15NO4. The summed E-state index contributed by atoms with van der Waals surface area (Å²) < 4.78 is 4.44. The van der Waals surface area contributed by atoms with E-state index < -0.39 is 18.2 Å². The van der Waals surface area contributed by atoms with E-state index in [9.17, 15) is 14.7 Å².